The van der Waals surface area contributed by atoms with Crippen molar-refractivity contribution in [2.45, 2.75) is 64.6 Å². The third-order valence-electron chi connectivity index (χ3n) is 4.81. The van der Waals surface area contributed by atoms with Gasteiger partial charge in [0.05, 0.1) is 28.1 Å². The summed E-state index contributed by atoms with van der Waals surface area (Å²) in [5.74, 6) is 0.716. The number of halogens is 1. The Kier molecular flexibility index (Phi) is 5.33. The highest BCUT2D eigenvalue weighted by atomic mass is 35.5. The van der Waals surface area contributed by atoms with E-state index in [1.165, 1.54) is 0 Å². The van der Waals surface area contributed by atoms with Gasteiger partial charge in [0.1, 0.15) is 0 Å². The maximum atomic E-state index is 10.8. The standard InChI is InChI=1S/C16H27ClN2O2/c1-5-21-16(8-6-11(2)7-9-16)14(20)10-13-15(17)12(3)18-19(13)4/h11,14,20H,5-10H2,1-4H3. The molecule has 4 nitrogen and oxygen atoms in total. The maximum absolute atomic E-state index is 10.8. The summed E-state index contributed by atoms with van der Waals surface area (Å²) >= 11 is 6.31. The summed E-state index contributed by atoms with van der Waals surface area (Å²) in [6, 6.07) is 0. The van der Waals surface area contributed by atoms with E-state index in [1.807, 2.05) is 20.9 Å². The van der Waals surface area contributed by atoms with Crippen LogP contribution in [0.25, 0.3) is 0 Å². The number of aliphatic hydroxyl groups excluding tert-OH is 1. The van der Waals surface area contributed by atoms with E-state index in [0.29, 0.717) is 24.0 Å². The fourth-order valence-corrected chi connectivity index (χ4v) is 3.62. The Morgan fingerprint density at radius 3 is 2.57 bits per heavy atom. The van der Waals surface area contributed by atoms with E-state index in [4.69, 9.17) is 16.3 Å². The first-order valence-corrected chi connectivity index (χ1v) is 8.27. The van der Waals surface area contributed by atoms with Crippen LogP contribution in [0, 0.1) is 12.8 Å². The number of aryl methyl sites for hydroxylation is 2. The zero-order valence-electron chi connectivity index (χ0n) is 13.5. The lowest BCUT2D eigenvalue weighted by Gasteiger charge is -2.42. The van der Waals surface area contributed by atoms with E-state index in [0.717, 1.165) is 37.1 Å². The van der Waals surface area contributed by atoms with Crippen LogP contribution in [0.4, 0.5) is 0 Å². The van der Waals surface area contributed by atoms with Crippen molar-refractivity contribution in [1.29, 1.82) is 0 Å². The van der Waals surface area contributed by atoms with Crippen LogP contribution in [-0.2, 0) is 18.2 Å². The van der Waals surface area contributed by atoms with Gasteiger partial charge in [0.15, 0.2) is 0 Å². The topological polar surface area (TPSA) is 47.3 Å². The lowest BCUT2D eigenvalue weighted by molar-refractivity contribution is -0.143. The summed E-state index contributed by atoms with van der Waals surface area (Å²) in [6.07, 6.45) is 3.99. The SMILES string of the molecule is CCOC1(C(O)Cc2c(Cl)c(C)nn2C)CCC(C)CC1. The first-order chi connectivity index (χ1) is 9.89. The number of aromatic nitrogens is 2. The van der Waals surface area contributed by atoms with Gasteiger partial charge in [-0.2, -0.15) is 5.10 Å². The average molecular weight is 315 g/mol. The Balaban J connectivity index is 2.17. The fourth-order valence-electron chi connectivity index (χ4n) is 3.38. The van der Waals surface area contributed by atoms with Gasteiger partial charge in [0.25, 0.3) is 0 Å². The minimum atomic E-state index is -0.544. The van der Waals surface area contributed by atoms with Crippen molar-refractivity contribution in [3.8, 4) is 0 Å². The Morgan fingerprint density at radius 2 is 2.10 bits per heavy atom. The molecule has 0 saturated heterocycles. The predicted octanol–water partition coefficient (Wildman–Crippen LogP) is 3.27. The Bertz CT molecular complexity index is 479. The minimum absolute atomic E-state index is 0.428. The van der Waals surface area contributed by atoms with Crippen LogP contribution < -0.4 is 0 Å². The largest absolute Gasteiger partial charge is 0.390 e. The first kappa shape index (κ1) is 16.8. The highest BCUT2D eigenvalue weighted by Crippen LogP contribution is 2.38. The van der Waals surface area contributed by atoms with Gasteiger partial charge in [-0.25, -0.2) is 0 Å². The van der Waals surface area contributed by atoms with Crippen LogP contribution >= 0.6 is 11.6 Å². The second-order valence-electron chi connectivity index (χ2n) is 6.37. The van der Waals surface area contributed by atoms with E-state index in [-0.39, 0.29) is 0 Å². The zero-order chi connectivity index (χ0) is 15.6. The highest BCUT2D eigenvalue weighted by molar-refractivity contribution is 6.31. The molecular weight excluding hydrogens is 288 g/mol. The number of ether oxygens (including phenoxy) is 1. The average Bonchev–Trinajstić information content (AvgIpc) is 2.68. The van der Waals surface area contributed by atoms with Crippen LogP contribution in [0.5, 0.6) is 0 Å². The number of aliphatic hydroxyl groups is 1. The number of nitrogens with zero attached hydrogens (tertiary/aromatic N) is 2. The fraction of sp³-hybridized carbons (Fsp3) is 0.812. The summed E-state index contributed by atoms with van der Waals surface area (Å²) in [7, 11) is 1.87. The molecule has 0 bridgehead atoms. The van der Waals surface area contributed by atoms with Gasteiger partial charge in [-0.15, -0.1) is 0 Å². The molecule has 1 aliphatic rings. The molecule has 1 N–H and O–H groups in total. The molecule has 1 aromatic rings. The quantitative estimate of drug-likeness (QED) is 0.907. The van der Waals surface area contributed by atoms with Crippen LogP contribution in [0.3, 0.4) is 0 Å². The Labute approximate surface area is 132 Å². The third-order valence-corrected chi connectivity index (χ3v) is 5.30. The monoisotopic (exact) mass is 314 g/mol. The molecule has 21 heavy (non-hydrogen) atoms. The van der Waals surface area contributed by atoms with Crippen LogP contribution in [0.2, 0.25) is 5.02 Å². The van der Waals surface area contributed by atoms with Gasteiger partial charge in [-0.3, -0.25) is 4.68 Å². The van der Waals surface area contributed by atoms with Gasteiger partial charge < -0.3 is 9.84 Å². The second-order valence-corrected chi connectivity index (χ2v) is 6.75. The van der Waals surface area contributed by atoms with Crippen LogP contribution in [-0.4, -0.2) is 33.2 Å². The lowest BCUT2D eigenvalue weighted by Crippen LogP contribution is -2.48. The summed E-state index contributed by atoms with van der Waals surface area (Å²) in [4.78, 5) is 0. The molecule has 0 aromatic carbocycles. The van der Waals surface area contributed by atoms with Crippen molar-refractivity contribution in [1.82, 2.24) is 9.78 Å². The summed E-state index contributed by atoms with van der Waals surface area (Å²) in [5, 5.41) is 15.8. The zero-order valence-corrected chi connectivity index (χ0v) is 14.3. The molecule has 0 spiro atoms. The number of hydrogen-bond acceptors (Lipinski definition) is 3. The van der Waals surface area contributed by atoms with Crippen molar-refractivity contribution < 1.29 is 9.84 Å². The van der Waals surface area contributed by atoms with Crippen molar-refractivity contribution in [3.05, 3.63) is 16.4 Å². The van der Waals surface area contributed by atoms with E-state index in [9.17, 15) is 5.11 Å². The normalized spacial score (nSPS) is 27.8. The minimum Gasteiger partial charge on any atom is -0.390 e. The summed E-state index contributed by atoms with van der Waals surface area (Å²) in [5.41, 5.74) is 1.27. The van der Waals surface area contributed by atoms with E-state index in [2.05, 4.69) is 12.0 Å². The molecule has 1 heterocycles. The molecule has 0 radical (unpaired) electrons. The number of hydrogen-bond donors (Lipinski definition) is 1. The molecule has 120 valence electrons. The Hall–Kier alpha value is -0.580. The highest BCUT2D eigenvalue weighted by Gasteiger charge is 2.42. The molecule has 1 fully saturated rings. The molecule has 1 aliphatic carbocycles. The smallest absolute Gasteiger partial charge is 0.0944 e. The van der Waals surface area contributed by atoms with Crippen molar-refractivity contribution in [2.75, 3.05) is 6.61 Å². The van der Waals surface area contributed by atoms with E-state index < -0.39 is 11.7 Å². The first-order valence-electron chi connectivity index (χ1n) is 7.89. The molecule has 5 heteroatoms. The third kappa shape index (κ3) is 3.43. The van der Waals surface area contributed by atoms with Gasteiger partial charge in [-0.05, 0) is 45.4 Å². The Morgan fingerprint density at radius 1 is 1.48 bits per heavy atom. The summed E-state index contributed by atoms with van der Waals surface area (Å²) < 4.78 is 7.79. The number of rotatable bonds is 5. The molecule has 0 amide bonds. The molecular formula is C16H27ClN2O2. The summed E-state index contributed by atoms with van der Waals surface area (Å²) in [6.45, 7) is 6.78. The van der Waals surface area contributed by atoms with Crippen LogP contribution in [0.15, 0.2) is 0 Å². The van der Waals surface area contributed by atoms with Crippen molar-refractivity contribution in [3.63, 3.8) is 0 Å². The van der Waals surface area contributed by atoms with Crippen molar-refractivity contribution in [2.24, 2.45) is 13.0 Å². The van der Waals surface area contributed by atoms with Gasteiger partial charge in [0.2, 0.25) is 0 Å². The van der Waals surface area contributed by atoms with Crippen molar-refractivity contribution >= 4 is 11.6 Å². The molecule has 1 unspecified atom stereocenters. The maximum Gasteiger partial charge on any atom is 0.0944 e. The molecule has 0 aliphatic heterocycles. The van der Waals surface area contributed by atoms with Gasteiger partial charge in [-0.1, -0.05) is 18.5 Å². The van der Waals surface area contributed by atoms with Gasteiger partial charge >= 0.3 is 0 Å². The van der Waals surface area contributed by atoms with Crippen LogP contribution in [0.1, 0.15) is 50.9 Å². The molecule has 1 atom stereocenters. The molecule has 2 rings (SSSR count). The second kappa shape index (κ2) is 6.67. The predicted molar refractivity (Wildman–Crippen MR) is 84.7 cm³/mol. The van der Waals surface area contributed by atoms with Gasteiger partial charge in [0, 0.05) is 20.1 Å². The lowest BCUT2D eigenvalue weighted by atomic mass is 9.75. The van der Waals surface area contributed by atoms with E-state index >= 15 is 0 Å². The molecule has 1 aromatic heterocycles. The molecule has 1 saturated carbocycles. The van der Waals surface area contributed by atoms with E-state index in [1.54, 1.807) is 4.68 Å².